The smallest absolute Gasteiger partial charge is 0.271 e. The van der Waals surface area contributed by atoms with Gasteiger partial charge in [-0.25, -0.2) is 4.98 Å². The third kappa shape index (κ3) is 3.01. The van der Waals surface area contributed by atoms with Crippen molar-refractivity contribution in [3.63, 3.8) is 0 Å². The maximum absolute atomic E-state index is 10.8. The van der Waals surface area contributed by atoms with Gasteiger partial charge in [-0.3, -0.25) is 10.1 Å². The molecule has 1 heterocycles. The van der Waals surface area contributed by atoms with Crippen molar-refractivity contribution in [2.24, 2.45) is 0 Å². The highest BCUT2D eigenvalue weighted by Gasteiger charge is 2.15. The second-order valence-electron chi connectivity index (χ2n) is 5.59. The summed E-state index contributed by atoms with van der Waals surface area (Å²) in [6.07, 6.45) is -0.288. The first-order chi connectivity index (χ1) is 10.9. The van der Waals surface area contributed by atoms with Crippen LogP contribution in [0.15, 0.2) is 36.4 Å². The minimum atomic E-state index is -0.422. The van der Waals surface area contributed by atoms with E-state index < -0.39 is 4.92 Å². The Hall–Kier alpha value is -2.89. The van der Waals surface area contributed by atoms with Gasteiger partial charge in [-0.15, -0.1) is 0 Å². The van der Waals surface area contributed by atoms with Crippen LogP contribution in [0.4, 0.5) is 5.69 Å². The molecule has 0 aliphatic heterocycles. The zero-order valence-corrected chi connectivity index (χ0v) is 13.2. The first-order valence-corrected chi connectivity index (χ1v) is 7.32. The van der Waals surface area contributed by atoms with Crippen LogP contribution in [0.2, 0.25) is 0 Å². The molecular weight excluding hydrogens is 294 g/mol. The first-order valence-electron chi connectivity index (χ1n) is 7.32. The summed E-state index contributed by atoms with van der Waals surface area (Å²) in [4.78, 5) is 18.0. The lowest BCUT2D eigenvalue weighted by Gasteiger charge is -2.13. The first kappa shape index (κ1) is 15.0. The highest BCUT2D eigenvalue weighted by atomic mass is 16.6. The van der Waals surface area contributed by atoms with Gasteiger partial charge in [0.05, 0.1) is 16.0 Å². The minimum Gasteiger partial charge on any atom is -0.483 e. The lowest BCUT2D eigenvalue weighted by molar-refractivity contribution is -0.384. The SMILES string of the molecule is Cc1ccc(O[C@H](C)c2nc3ccc([N+](=O)[O-])cc3[nH]2)cc1C. The molecule has 1 atom stereocenters. The largest absolute Gasteiger partial charge is 0.483 e. The molecule has 0 saturated carbocycles. The van der Waals surface area contributed by atoms with Crippen molar-refractivity contribution >= 4 is 16.7 Å². The summed E-state index contributed by atoms with van der Waals surface area (Å²) < 4.78 is 5.92. The van der Waals surface area contributed by atoms with Crippen LogP contribution in [0.25, 0.3) is 11.0 Å². The summed E-state index contributed by atoms with van der Waals surface area (Å²) in [6.45, 7) is 5.98. The van der Waals surface area contributed by atoms with Gasteiger partial charge in [0, 0.05) is 12.1 Å². The lowest BCUT2D eigenvalue weighted by Crippen LogP contribution is -2.05. The molecule has 0 aliphatic rings. The predicted molar refractivity (Wildman–Crippen MR) is 87.7 cm³/mol. The Balaban J connectivity index is 1.86. The summed E-state index contributed by atoms with van der Waals surface area (Å²) in [5.74, 6) is 1.41. The monoisotopic (exact) mass is 311 g/mol. The van der Waals surface area contributed by atoms with Gasteiger partial charge in [-0.1, -0.05) is 6.07 Å². The van der Waals surface area contributed by atoms with Crippen molar-refractivity contribution in [2.45, 2.75) is 26.9 Å². The number of ether oxygens (including phenoxy) is 1. The van der Waals surface area contributed by atoms with E-state index in [0.29, 0.717) is 16.9 Å². The molecule has 3 aromatic rings. The number of hydrogen-bond acceptors (Lipinski definition) is 4. The van der Waals surface area contributed by atoms with E-state index >= 15 is 0 Å². The number of aromatic nitrogens is 2. The molecule has 23 heavy (non-hydrogen) atoms. The molecule has 0 bridgehead atoms. The number of benzene rings is 2. The number of aryl methyl sites for hydroxylation is 2. The van der Waals surface area contributed by atoms with Gasteiger partial charge in [0.25, 0.3) is 5.69 Å². The Morgan fingerprint density at radius 1 is 1.17 bits per heavy atom. The number of nitro benzene ring substituents is 1. The number of H-pyrrole nitrogens is 1. The normalized spacial score (nSPS) is 12.3. The number of rotatable bonds is 4. The number of nitrogens with one attached hydrogen (secondary N) is 1. The van der Waals surface area contributed by atoms with Gasteiger partial charge in [0.1, 0.15) is 11.6 Å². The average Bonchev–Trinajstić information content (AvgIpc) is 2.94. The zero-order valence-electron chi connectivity index (χ0n) is 13.2. The molecule has 0 unspecified atom stereocenters. The van der Waals surface area contributed by atoms with E-state index in [4.69, 9.17) is 4.74 Å². The van der Waals surface area contributed by atoms with Gasteiger partial charge in [-0.05, 0) is 50.1 Å². The maximum Gasteiger partial charge on any atom is 0.271 e. The summed E-state index contributed by atoms with van der Waals surface area (Å²) in [5.41, 5.74) is 3.72. The fourth-order valence-corrected chi connectivity index (χ4v) is 2.37. The van der Waals surface area contributed by atoms with Crippen LogP contribution in [0.5, 0.6) is 5.75 Å². The van der Waals surface area contributed by atoms with Crippen molar-refractivity contribution in [1.82, 2.24) is 9.97 Å². The molecule has 0 fully saturated rings. The van der Waals surface area contributed by atoms with Crippen molar-refractivity contribution in [1.29, 1.82) is 0 Å². The van der Waals surface area contributed by atoms with Gasteiger partial charge in [0.2, 0.25) is 0 Å². The molecule has 0 spiro atoms. The third-order valence-electron chi connectivity index (χ3n) is 3.87. The fourth-order valence-electron chi connectivity index (χ4n) is 2.37. The Morgan fingerprint density at radius 2 is 1.96 bits per heavy atom. The minimum absolute atomic E-state index is 0.0374. The molecule has 118 valence electrons. The number of aromatic amines is 1. The Labute approximate surface area is 133 Å². The second kappa shape index (κ2) is 5.72. The number of nitrogens with zero attached hydrogens (tertiary/aromatic N) is 2. The van der Waals surface area contributed by atoms with E-state index in [0.717, 1.165) is 11.3 Å². The Kier molecular flexibility index (Phi) is 3.73. The topological polar surface area (TPSA) is 81.1 Å². The molecule has 2 aromatic carbocycles. The van der Waals surface area contributed by atoms with E-state index in [2.05, 4.69) is 16.9 Å². The quantitative estimate of drug-likeness (QED) is 0.577. The standard InChI is InChI=1S/C17H17N3O3/c1-10-4-6-14(8-11(10)2)23-12(3)17-18-15-7-5-13(20(21)22)9-16(15)19-17/h4-9,12H,1-3H3,(H,18,19)/t12-/m1/s1. The van der Waals surface area contributed by atoms with Crippen molar-refractivity contribution in [3.05, 3.63) is 63.5 Å². The molecule has 1 N–H and O–H groups in total. The molecule has 6 nitrogen and oxygen atoms in total. The van der Waals surface area contributed by atoms with Crippen molar-refractivity contribution in [2.75, 3.05) is 0 Å². The number of nitro groups is 1. The molecule has 0 radical (unpaired) electrons. The van der Waals surface area contributed by atoms with Crippen LogP contribution in [-0.2, 0) is 0 Å². The highest BCUT2D eigenvalue weighted by Crippen LogP contribution is 2.25. The van der Waals surface area contributed by atoms with E-state index in [1.165, 1.54) is 17.7 Å². The van der Waals surface area contributed by atoms with E-state index in [1.807, 2.05) is 32.0 Å². The molecule has 3 rings (SSSR count). The van der Waals surface area contributed by atoms with Crippen LogP contribution >= 0.6 is 0 Å². The molecule has 0 amide bonds. The third-order valence-corrected chi connectivity index (χ3v) is 3.87. The molecule has 6 heteroatoms. The number of fused-ring (bicyclic) bond motifs is 1. The lowest BCUT2D eigenvalue weighted by atomic mass is 10.1. The molecule has 1 aromatic heterocycles. The molecule has 0 saturated heterocycles. The summed E-state index contributed by atoms with van der Waals surface area (Å²) in [6, 6.07) is 10.5. The van der Waals surface area contributed by atoms with Gasteiger partial charge in [-0.2, -0.15) is 0 Å². The van der Waals surface area contributed by atoms with E-state index in [1.54, 1.807) is 6.07 Å². The van der Waals surface area contributed by atoms with Gasteiger partial charge in [0.15, 0.2) is 6.10 Å². The van der Waals surface area contributed by atoms with Crippen LogP contribution in [0, 0.1) is 24.0 Å². The number of hydrogen-bond donors (Lipinski definition) is 1. The summed E-state index contributed by atoms with van der Waals surface area (Å²) in [7, 11) is 0. The second-order valence-corrected chi connectivity index (χ2v) is 5.59. The highest BCUT2D eigenvalue weighted by molar-refractivity contribution is 5.77. The maximum atomic E-state index is 10.8. The van der Waals surface area contributed by atoms with Crippen molar-refractivity contribution < 1.29 is 9.66 Å². The average molecular weight is 311 g/mol. The van der Waals surface area contributed by atoms with Crippen LogP contribution < -0.4 is 4.74 Å². The Morgan fingerprint density at radius 3 is 2.65 bits per heavy atom. The Bertz CT molecular complexity index is 886. The number of imidazole rings is 1. The summed E-state index contributed by atoms with van der Waals surface area (Å²) in [5, 5.41) is 10.8. The zero-order chi connectivity index (χ0) is 16.6. The van der Waals surface area contributed by atoms with Crippen LogP contribution in [0.1, 0.15) is 30.0 Å². The van der Waals surface area contributed by atoms with Gasteiger partial charge < -0.3 is 9.72 Å². The number of non-ortho nitro benzene ring substituents is 1. The fraction of sp³-hybridized carbons (Fsp3) is 0.235. The predicted octanol–water partition coefficient (Wildman–Crippen LogP) is 4.23. The van der Waals surface area contributed by atoms with Crippen LogP contribution in [-0.4, -0.2) is 14.9 Å². The van der Waals surface area contributed by atoms with E-state index in [-0.39, 0.29) is 11.8 Å². The summed E-state index contributed by atoms with van der Waals surface area (Å²) >= 11 is 0. The molecular formula is C17H17N3O3. The van der Waals surface area contributed by atoms with Crippen LogP contribution in [0.3, 0.4) is 0 Å². The molecule has 0 aliphatic carbocycles. The van der Waals surface area contributed by atoms with E-state index in [9.17, 15) is 10.1 Å². The van der Waals surface area contributed by atoms with Crippen molar-refractivity contribution in [3.8, 4) is 5.75 Å². The van der Waals surface area contributed by atoms with Gasteiger partial charge >= 0.3 is 0 Å².